The van der Waals surface area contributed by atoms with Gasteiger partial charge < -0.3 is 5.32 Å². The number of amides is 1. The molecule has 1 aliphatic rings. The smallest absolute Gasteiger partial charge is 0.270 e. The molecule has 21 heavy (non-hydrogen) atoms. The molecule has 8 nitrogen and oxygen atoms in total. The Morgan fingerprint density at radius 2 is 2.33 bits per heavy atom. The Balaban J connectivity index is 1.62. The van der Waals surface area contributed by atoms with E-state index in [9.17, 15) is 13.2 Å². The van der Waals surface area contributed by atoms with Gasteiger partial charge in [-0.3, -0.25) is 9.89 Å². The van der Waals surface area contributed by atoms with Gasteiger partial charge in [0, 0.05) is 25.8 Å². The van der Waals surface area contributed by atoms with Crippen LogP contribution in [0.4, 0.5) is 0 Å². The molecule has 0 radical (unpaired) electrons. The van der Waals surface area contributed by atoms with Crippen LogP contribution in [0, 0.1) is 0 Å². The largest absolute Gasteiger partial charge is 0.349 e. The maximum atomic E-state index is 12.1. The molecule has 0 spiro atoms. The number of aromatic amines is 1. The molecular formula is C12H15N5O3S. The van der Waals surface area contributed by atoms with E-state index in [2.05, 4.69) is 20.5 Å². The molecular weight excluding hydrogens is 294 g/mol. The van der Waals surface area contributed by atoms with Crippen molar-refractivity contribution in [1.29, 1.82) is 0 Å². The summed E-state index contributed by atoms with van der Waals surface area (Å²) in [7, 11) is -3.12. The van der Waals surface area contributed by atoms with Crippen molar-refractivity contribution in [3.8, 4) is 0 Å². The minimum atomic E-state index is -3.12. The normalized spacial score (nSPS) is 18.1. The summed E-state index contributed by atoms with van der Waals surface area (Å²) < 4.78 is 24.7. The summed E-state index contributed by atoms with van der Waals surface area (Å²) in [5.41, 5.74) is 0.812. The summed E-state index contributed by atoms with van der Waals surface area (Å²) in [6, 6.07) is 3.48. The Morgan fingerprint density at radius 3 is 3.10 bits per heavy atom. The van der Waals surface area contributed by atoms with E-state index < -0.39 is 10.0 Å². The van der Waals surface area contributed by atoms with Crippen LogP contribution in [0.1, 0.15) is 16.9 Å². The van der Waals surface area contributed by atoms with E-state index in [0.717, 1.165) is 0 Å². The number of hydrogen-bond donors (Lipinski definition) is 2. The molecule has 3 heterocycles. The number of pyridine rings is 1. The summed E-state index contributed by atoms with van der Waals surface area (Å²) >= 11 is 0. The molecule has 1 fully saturated rings. The van der Waals surface area contributed by atoms with E-state index >= 15 is 0 Å². The fraction of sp³-hybridized carbons (Fsp3) is 0.417. The van der Waals surface area contributed by atoms with Crippen molar-refractivity contribution < 1.29 is 13.2 Å². The van der Waals surface area contributed by atoms with Gasteiger partial charge in [0.2, 0.25) is 10.0 Å². The minimum absolute atomic E-state index is 0.192. The Kier molecular flexibility index (Phi) is 3.60. The quantitative estimate of drug-likeness (QED) is 0.808. The van der Waals surface area contributed by atoms with E-state index in [1.807, 2.05) is 0 Å². The molecule has 1 amide bonds. The third kappa shape index (κ3) is 2.74. The van der Waals surface area contributed by atoms with E-state index in [1.54, 1.807) is 18.3 Å². The molecule has 3 rings (SSSR count). The Labute approximate surface area is 121 Å². The molecule has 0 bridgehead atoms. The lowest BCUT2D eigenvalue weighted by Gasteiger charge is -2.14. The van der Waals surface area contributed by atoms with Crippen molar-refractivity contribution in [1.82, 2.24) is 24.8 Å². The second-order valence-corrected chi connectivity index (χ2v) is 6.89. The zero-order valence-electron chi connectivity index (χ0n) is 11.2. The second kappa shape index (κ2) is 5.41. The standard InChI is InChI=1S/C12H15N5O3S/c18-12(10-9-3-1-4-13-11(9)16-15-10)14-5-7-17-6-2-8-21(17,19)20/h1,3-4H,2,5-8H2,(H,14,18)(H,13,15,16). The number of hydrogen-bond acceptors (Lipinski definition) is 5. The maximum Gasteiger partial charge on any atom is 0.270 e. The highest BCUT2D eigenvalue weighted by atomic mass is 32.2. The van der Waals surface area contributed by atoms with Gasteiger partial charge in [-0.05, 0) is 18.6 Å². The molecule has 2 aromatic heterocycles. The van der Waals surface area contributed by atoms with Gasteiger partial charge in [-0.15, -0.1) is 0 Å². The number of H-pyrrole nitrogens is 1. The molecule has 112 valence electrons. The third-order valence-electron chi connectivity index (χ3n) is 3.41. The van der Waals surface area contributed by atoms with E-state index in [-0.39, 0.29) is 18.2 Å². The molecule has 1 saturated heterocycles. The van der Waals surface area contributed by atoms with Crippen LogP contribution in [-0.2, 0) is 10.0 Å². The lowest BCUT2D eigenvalue weighted by molar-refractivity contribution is 0.0948. The molecule has 9 heteroatoms. The van der Waals surface area contributed by atoms with Crippen molar-refractivity contribution >= 4 is 27.0 Å². The number of sulfonamides is 1. The van der Waals surface area contributed by atoms with Gasteiger partial charge in [0.15, 0.2) is 5.65 Å². The van der Waals surface area contributed by atoms with Crippen LogP contribution in [0.15, 0.2) is 18.3 Å². The van der Waals surface area contributed by atoms with Crippen molar-refractivity contribution in [2.45, 2.75) is 6.42 Å². The molecule has 0 aromatic carbocycles. The third-order valence-corrected chi connectivity index (χ3v) is 5.36. The fourth-order valence-corrected chi connectivity index (χ4v) is 3.88. The average Bonchev–Trinajstić information content (AvgIpc) is 3.02. The Hall–Kier alpha value is -2.00. The number of rotatable bonds is 4. The zero-order valence-corrected chi connectivity index (χ0v) is 12.1. The number of fused-ring (bicyclic) bond motifs is 1. The van der Waals surface area contributed by atoms with Crippen LogP contribution in [0.2, 0.25) is 0 Å². The predicted octanol–water partition coefficient (Wildman–Crippen LogP) is -0.277. The first-order chi connectivity index (χ1) is 10.1. The number of carbonyl (C=O) groups is 1. The topological polar surface area (TPSA) is 108 Å². The van der Waals surface area contributed by atoms with Crippen LogP contribution < -0.4 is 5.32 Å². The lowest BCUT2D eigenvalue weighted by atomic mass is 10.2. The second-order valence-electron chi connectivity index (χ2n) is 4.80. The zero-order chi connectivity index (χ0) is 14.9. The van der Waals surface area contributed by atoms with Crippen molar-refractivity contribution in [2.24, 2.45) is 0 Å². The molecule has 0 saturated carbocycles. The molecule has 0 aliphatic carbocycles. The highest BCUT2D eigenvalue weighted by Gasteiger charge is 2.27. The monoisotopic (exact) mass is 309 g/mol. The first-order valence-corrected chi connectivity index (χ1v) is 8.24. The van der Waals surface area contributed by atoms with Gasteiger partial charge in [0.1, 0.15) is 5.69 Å². The van der Waals surface area contributed by atoms with Gasteiger partial charge in [-0.2, -0.15) is 5.10 Å². The van der Waals surface area contributed by atoms with Crippen molar-refractivity contribution in [2.75, 3.05) is 25.4 Å². The lowest BCUT2D eigenvalue weighted by Crippen LogP contribution is -2.36. The van der Waals surface area contributed by atoms with E-state index in [1.165, 1.54) is 4.31 Å². The van der Waals surface area contributed by atoms with Gasteiger partial charge in [-0.25, -0.2) is 17.7 Å². The van der Waals surface area contributed by atoms with E-state index in [0.29, 0.717) is 36.2 Å². The maximum absolute atomic E-state index is 12.1. The highest BCUT2D eigenvalue weighted by Crippen LogP contribution is 2.13. The Morgan fingerprint density at radius 1 is 1.48 bits per heavy atom. The van der Waals surface area contributed by atoms with Crippen LogP contribution >= 0.6 is 0 Å². The summed E-state index contributed by atoms with van der Waals surface area (Å²) in [5, 5.41) is 9.94. The van der Waals surface area contributed by atoms with Crippen LogP contribution in [0.5, 0.6) is 0 Å². The summed E-state index contributed by atoms with van der Waals surface area (Å²) in [6.45, 7) is 1.08. The molecule has 0 unspecified atom stereocenters. The average molecular weight is 309 g/mol. The summed E-state index contributed by atoms with van der Waals surface area (Å²) in [5.74, 6) is -0.125. The Bertz CT molecular complexity index is 770. The first-order valence-electron chi connectivity index (χ1n) is 6.63. The minimum Gasteiger partial charge on any atom is -0.349 e. The van der Waals surface area contributed by atoms with Gasteiger partial charge in [0.25, 0.3) is 5.91 Å². The first kappa shape index (κ1) is 14.0. The molecule has 2 aromatic rings. The van der Waals surface area contributed by atoms with Crippen LogP contribution in [0.3, 0.4) is 0 Å². The summed E-state index contributed by atoms with van der Waals surface area (Å²) in [6.07, 6.45) is 2.25. The highest BCUT2D eigenvalue weighted by molar-refractivity contribution is 7.89. The van der Waals surface area contributed by atoms with Crippen LogP contribution in [0.25, 0.3) is 11.0 Å². The SMILES string of the molecule is O=C(NCCN1CCCS1(=O)=O)c1[nH]nc2ncccc12. The molecule has 0 atom stereocenters. The molecule has 1 aliphatic heterocycles. The van der Waals surface area contributed by atoms with Gasteiger partial charge >= 0.3 is 0 Å². The van der Waals surface area contributed by atoms with Crippen molar-refractivity contribution in [3.63, 3.8) is 0 Å². The van der Waals surface area contributed by atoms with Crippen LogP contribution in [-0.4, -0.2) is 59.2 Å². The predicted molar refractivity (Wildman–Crippen MR) is 76.2 cm³/mol. The van der Waals surface area contributed by atoms with Gasteiger partial charge in [0.05, 0.1) is 11.1 Å². The number of aromatic nitrogens is 3. The van der Waals surface area contributed by atoms with Gasteiger partial charge in [-0.1, -0.05) is 0 Å². The number of carbonyl (C=O) groups excluding carboxylic acids is 1. The van der Waals surface area contributed by atoms with E-state index in [4.69, 9.17) is 0 Å². The fourth-order valence-electron chi connectivity index (χ4n) is 2.35. The number of nitrogens with one attached hydrogen (secondary N) is 2. The van der Waals surface area contributed by atoms with Crippen molar-refractivity contribution in [3.05, 3.63) is 24.0 Å². The number of nitrogens with zero attached hydrogens (tertiary/aromatic N) is 3. The summed E-state index contributed by atoms with van der Waals surface area (Å²) in [4.78, 5) is 16.1. The molecule has 2 N–H and O–H groups in total.